The Morgan fingerprint density at radius 3 is 2.50 bits per heavy atom. The molecule has 0 bridgehead atoms. The molecule has 0 atom stereocenters. The molecule has 2 aromatic carbocycles. The van der Waals surface area contributed by atoms with Gasteiger partial charge in [0.15, 0.2) is 5.16 Å². The molecular formula is C23H26N4O2S. The van der Waals surface area contributed by atoms with Gasteiger partial charge in [0.25, 0.3) is 5.56 Å². The van der Waals surface area contributed by atoms with Gasteiger partial charge in [-0.3, -0.25) is 14.2 Å². The van der Waals surface area contributed by atoms with Gasteiger partial charge < -0.3 is 9.80 Å². The van der Waals surface area contributed by atoms with Crippen LogP contribution in [0.5, 0.6) is 0 Å². The number of anilines is 1. The number of fused-ring (bicyclic) bond motifs is 1. The number of hydrogen-bond acceptors (Lipinski definition) is 5. The Bertz CT molecular complexity index is 1110. The van der Waals surface area contributed by atoms with Crippen molar-refractivity contribution in [3.05, 3.63) is 77.1 Å². The Kier molecular flexibility index (Phi) is 6.95. The van der Waals surface area contributed by atoms with Crippen molar-refractivity contribution in [1.82, 2.24) is 14.5 Å². The Labute approximate surface area is 180 Å². The number of hydrogen-bond donors (Lipinski definition) is 0. The molecule has 7 heteroatoms. The van der Waals surface area contributed by atoms with Crippen LogP contribution in [0.25, 0.3) is 10.9 Å². The average molecular weight is 423 g/mol. The number of benzene rings is 2. The zero-order chi connectivity index (χ0) is 21.7. The van der Waals surface area contributed by atoms with Crippen LogP contribution in [0.1, 0.15) is 5.56 Å². The first-order valence-electron chi connectivity index (χ1n) is 9.64. The first-order valence-corrected chi connectivity index (χ1v) is 10.6. The number of carbonyl (C=O) groups excluding carboxylic acids is 1. The van der Waals surface area contributed by atoms with Gasteiger partial charge in [0.05, 0.1) is 16.7 Å². The Balaban J connectivity index is 1.71. The zero-order valence-corrected chi connectivity index (χ0v) is 18.4. The minimum Gasteiger partial charge on any atom is -0.378 e. The van der Waals surface area contributed by atoms with E-state index in [9.17, 15) is 9.59 Å². The number of aromatic nitrogens is 2. The van der Waals surface area contributed by atoms with Gasteiger partial charge in [0, 0.05) is 39.9 Å². The third-order valence-corrected chi connectivity index (χ3v) is 5.72. The highest BCUT2D eigenvalue weighted by Crippen LogP contribution is 2.19. The predicted molar refractivity (Wildman–Crippen MR) is 124 cm³/mol. The van der Waals surface area contributed by atoms with Gasteiger partial charge in [-0.2, -0.15) is 0 Å². The first-order chi connectivity index (χ1) is 14.4. The van der Waals surface area contributed by atoms with E-state index in [-0.39, 0.29) is 17.2 Å². The fourth-order valence-electron chi connectivity index (χ4n) is 3.05. The summed E-state index contributed by atoms with van der Waals surface area (Å²) in [5.74, 6) is 0.179. The van der Waals surface area contributed by atoms with E-state index >= 15 is 0 Å². The summed E-state index contributed by atoms with van der Waals surface area (Å²) in [6.45, 7) is 4.60. The minimum atomic E-state index is -0.121. The molecule has 3 rings (SSSR count). The highest BCUT2D eigenvalue weighted by atomic mass is 32.2. The predicted octanol–water partition coefficient (Wildman–Crippen LogP) is 3.40. The largest absolute Gasteiger partial charge is 0.378 e. The molecule has 0 aliphatic rings. The Morgan fingerprint density at radius 2 is 1.83 bits per heavy atom. The smallest absolute Gasteiger partial charge is 0.262 e. The van der Waals surface area contributed by atoms with Crippen LogP contribution >= 0.6 is 11.8 Å². The Hall–Kier alpha value is -3.06. The highest BCUT2D eigenvalue weighted by Gasteiger charge is 2.15. The van der Waals surface area contributed by atoms with Gasteiger partial charge in [-0.25, -0.2) is 4.98 Å². The SMILES string of the molecule is C=CCn1c(SCC(=O)N(C)Cc2ccc(N(C)C)cc2)nc2ccccc2c1=O. The van der Waals surface area contributed by atoms with E-state index in [2.05, 4.69) is 11.6 Å². The van der Waals surface area contributed by atoms with Crippen LogP contribution < -0.4 is 10.5 Å². The molecule has 0 N–H and O–H groups in total. The van der Waals surface area contributed by atoms with Crippen molar-refractivity contribution >= 4 is 34.3 Å². The molecule has 0 radical (unpaired) electrons. The number of amides is 1. The number of para-hydroxylation sites is 1. The van der Waals surface area contributed by atoms with Crippen molar-refractivity contribution in [2.45, 2.75) is 18.2 Å². The summed E-state index contributed by atoms with van der Waals surface area (Å²) in [6.07, 6.45) is 1.66. The molecule has 0 unspecified atom stereocenters. The second-order valence-electron chi connectivity index (χ2n) is 7.22. The van der Waals surface area contributed by atoms with Gasteiger partial charge in [0.2, 0.25) is 5.91 Å². The van der Waals surface area contributed by atoms with Gasteiger partial charge in [-0.05, 0) is 29.8 Å². The molecule has 3 aromatic rings. The van der Waals surface area contributed by atoms with E-state index in [0.717, 1.165) is 11.3 Å². The third kappa shape index (κ3) is 4.91. The highest BCUT2D eigenvalue weighted by molar-refractivity contribution is 7.99. The summed E-state index contributed by atoms with van der Waals surface area (Å²) in [4.78, 5) is 33.8. The molecule has 6 nitrogen and oxygen atoms in total. The standard InChI is InChI=1S/C23H26N4O2S/c1-5-14-27-22(29)19-8-6-7-9-20(19)24-23(27)30-16-21(28)26(4)15-17-10-12-18(13-11-17)25(2)3/h5-13H,1,14-16H2,2-4H3. The topological polar surface area (TPSA) is 58.4 Å². The van der Waals surface area contributed by atoms with Crippen LogP contribution in [-0.4, -0.2) is 47.3 Å². The quantitative estimate of drug-likeness (QED) is 0.316. The van der Waals surface area contributed by atoms with Crippen LogP contribution in [0.3, 0.4) is 0 Å². The normalized spacial score (nSPS) is 10.8. The molecule has 0 aliphatic carbocycles. The van der Waals surface area contributed by atoms with Crippen molar-refractivity contribution in [2.75, 3.05) is 31.8 Å². The monoisotopic (exact) mass is 422 g/mol. The molecule has 0 spiro atoms. The molecule has 1 amide bonds. The van der Waals surface area contributed by atoms with Crippen molar-refractivity contribution in [2.24, 2.45) is 0 Å². The molecule has 0 fully saturated rings. The van der Waals surface area contributed by atoms with Crippen molar-refractivity contribution in [3.8, 4) is 0 Å². The lowest BCUT2D eigenvalue weighted by Crippen LogP contribution is -2.28. The van der Waals surface area contributed by atoms with E-state index in [1.54, 1.807) is 28.7 Å². The number of allylic oxidation sites excluding steroid dienone is 1. The van der Waals surface area contributed by atoms with Crippen LogP contribution in [0.2, 0.25) is 0 Å². The number of rotatable bonds is 8. The second-order valence-corrected chi connectivity index (χ2v) is 8.16. The molecule has 156 valence electrons. The number of nitrogens with zero attached hydrogens (tertiary/aromatic N) is 4. The first kappa shape index (κ1) is 21.6. The van der Waals surface area contributed by atoms with Gasteiger partial charge in [-0.1, -0.05) is 42.1 Å². The van der Waals surface area contributed by atoms with Gasteiger partial charge in [-0.15, -0.1) is 6.58 Å². The minimum absolute atomic E-state index is 0.0238. The van der Waals surface area contributed by atoms with Crippen LogP contribution in [-0.2, 0) is 17.9 Å². The van der Waals surface area contributed by atoms with Crippen LogP contribution in [0.4, 0.5) is 5.69 Å². The fraction of sp³-hybridized carbons (Fsp3) is 0.261. The molecule has 30 heavy (non-hydrogen) atoms. The van der Waals surface area contributed by atoms with E-state index in [1.807, 2.05) is 61.5 Å². The van der Waals surface area contributed by atoms with Crippen LogP contribution in [0, 0.1) is 0 Å². The summed E-state index contributed by atoms with van der Waals surface area (Å²) in [5.41, 5.74) is 2.69. The fourth-order valence-corrected chi connectivity index (χ4v) is 4.00. The Morgan fingerprint density at radius 1 is 1.13 bits per heavy atom. The van der Waals surface area contributed by atoms with E-state index < -0.39 is 0 Å². The maximum absolute atomic E-state index is 12.8. The van der Waals surface area contributed by atoms with E-state index in [0.29, 0.717) is 29.1 Å². The zero-order valence-electron chi connectivity index (χ0n) is 17.5. The van der Waals surface area contributed by atoms with E-state index in [4.69, 9.17) is 0 Å². The second kappa shape index (κ2) is 9.63. The average Bonchev–Trinajstić information content (AvgIpc) is 2.74. The lowest BCUT2D eigenvalue weighted by Gasteiger charge is -2.19. The summed E-state index contributed by atoms with van der Waals surface area (Å²) < 4.78 is 1.56. The third-order valence-electron chi connectivity index (χ3n) is 4.76. The molecular weight excluding hydrogens is 396 g/mol. The lowest BCUT2D eigenvalue weighted by molar-refractivity contribution is -0.127. The molecule has 0 saturated heterocycles. The lowest BCUT2D eigenvalue weighted by atomic mass is 10.2. The molecule has 0 saturated carbocycles. The summed E-state index contributed by atoms with van der Waals surface area (Å²) in [5, 5.41) is 1.09. The van der Waals surface area contributed by atoms with Crippen molar-refractivity contribution in [1.29, 1.82) is 0 Å². The van der Waals surface area contributed by atoms with Crippen molar-refractivity contribution < 1.29 is 4.79 Å². The van der Waals surface area contributed by atoms with Crippen molar-refractivity contribution in [3.63, 3.8) is 0 Å². The molecule has 0 aliphatic heterocycles. The molecule has 1 heterocycles. The summed E-state index contributed by atoms with van der Waals surface area (Å²) in [7, 11) is 5.77. The van der Waals surface area contributed by atoms with Crippen LogP contribution in [0.15, 0.2) is 71.1 Å². The van der Waals surface area contributed by atoms with Gasteiger partial charge >= 0.3 is 0 Å². The number of thioether (sulfide) groups is 1. The maximum Gasteiger partial charge on any atom is 0.262 e. The maximum atomic E-state index is 12.8. The van der Waals surface area contributed by atoms with E-state index in [1.165, 1.54) is 11.8 Å². The summed E-state index contributed by atoms with van der Waals surface area (Å²) in [6, 6.07) is 15.4. The number of carbonyl (C=O) groups is 1. The molecule has 1 aromatic heterocycles. The van der Waals surface area contributed by atoms with Gasteiger partial charge in [0.1, 0.15) is 0 Å². The summed E-state index contributed by atoms with van der Waals surface area (Å²) >= 11 is 1.28.